The van der Waals surface area contributed by atoms with Crippen LogP contribution >= 0.6 is 0 Å². The zero-order valence-corrected chi connectivity index (χ0v) is 18.4. The molecule has 1 rings (SSSR count). The molecule has 0 radical (unpaired) electrons. The van der Waals surface area contributed by atoms with E-state index in [1.807, 2.05) is 20.8 Å². The van der Waals surface area contributed by atoms with Crippen LogP contribution in [0, 0.1) is 17.8 Å². The molecule has 0 saturated carbocycles. The third kappa shape index (κ3) is 5.23. The largest absolute Gasteiger partial charge is 0.467 e. The number of hydrogen-bond acceptors (Lipinski definition) is 3. The Kier molecular flexibility index (Phi) is 7.55. The van der Waals surface area contributed by atoms with Crippen molar-refractivity contribution in [1.82, 2.24) is 0 Å². The van der Waals surface area contributed by atoms with Crippen LogP contribution in [0.1, 0.15) is 74.2 Å². The van der Waals surface area contributed by atoms with E-state index in [-0.39, 0.29) is 5.92 Å². The van der Waals surface area contributed by atoms with Crippen molar-refractivity contribution < 1.29 is 13.9 Å². The summed E-state index contributed by atoms with van der Waals surface area (Å²) in [7, 11) is -2.00. The molecule has 1 heterocycles. The molecule has 0 fully saturated rings. The molecule has 4 heteroatoms. The lowest BCUT2D eigenvalue weighted by Gasteiger charge is -2.46. The molecule has 25 heavy (non-hydrogen) atoms. The maximum Gasteiger partial charge on any atom is 0.202 e. The molecule has 0 aliphatic heterocycles. The van der Waals surface area contributed by atoms with Crippen LogP contribution in [-0.4, -0.2) is 19.0 Å². The molecule has 1 aromatic heterocycles. The van der Waals surface area contributed by atoms with Crippen LogP contribution < -0.4 is 0 Å². The molecule has 1 N–H and O–H groups in total. The van der Waals surface area contributed by atoms with Crippen molar-refractivity contribution >= 4 is 8.32 Å². The van der Waals surface area contributed by atoms with Gasteiger partial charge in [0, 0.05) is 0 Å². The number of aliphatic hydroxyl groups excluding tert-OH is 1. The van der Waals surface area contributed by atoms with Gasteiger partial charge in [-0.2, -0.15) is 0 Å². The van der Waals surface area contributed by atoms with Crippen molar-refractivity contribution in [3.63, 3.8) is 0 Å². The number of furan rings is 1. The van der Waals surface area contributed by atoms with Gasteiger partial charge < -0.3 is 13.9 Å². The minimum atomic E-state index is -2.00. The molecule has 0 saturated heterocycles. The second kappa shape index (κ2) is 8.57. The SMILES string of the molecule is CC(C)[Si](OC(C)(C)C#C[C@@H](C)[C@@H](O)c1ccco1)(C(C)C)C(C)C. The molecule has 1 aromatic rings. The van der Waals surface area contributed by atoms with Crippen LogP contribution in [0.25, 0.3) is 0 Å². The average Bonchev–Trinajstić information content (AvgIpc) is 3.02. The number of rotatable bonds is 7. The molecular weight excluding hydrogens is 328 g/mol. The maximum absolute atomic E-state index is 10.3. The summed E-state index contributed by atoms with van der Waals surface area (Å²) in [6, 6.07) is 3.55. The highest BCUT2D eigenvalue weighted by Crippen LogP contribution is 2.44. The van der Waals surface area contributed by atoms with E-state index < -0.39 is 20.0 Å². The van der Waals surface area contributed by atoms with Gasteiger partial charge in [0.15, 0.2) is 0 Å². The van der Waals surface area contributed by atoms with Crippen molar-refractivity contribution in [2.75, 3.05) is 0 Å². The van der Waals surface area contributed by atoms with Gasteiger partial charge in [-0.15, -0.1) is 0 Å². The summed E-state index contributed by atoms with van der Waals surface area (Å²) in [6.45, 7) is 19.7. The predicted molar refractivity (Wildman–Crippen MR) is 107 cm³/mol. The van der Waals surface area contributed by atoms with Crippen molar-refractivity contribution in [3.8, 4) is 11.8 Å². The smallest absolute Gasteiger partial charge is 0.202 e. The summed E-state index contributed by atoms with van der Waals surface area (Å²) in [4.78, 5) is 0. The van der Waals surface area contributed by atoms with Gasteiger partial charge in [0.25, 0.3) is 0 Å². The lowest BCUT2D eigenvalue weighted by atomic mass is 10.0. The van der Waals surface area contributed by atoms with Crippen molar-refractivity contribution in [1.29, 1.82) is 0 Å². The second-order valence-electron chi connectivity index (χ2n) is 8.45. The van der Waals surface area contributed by atoms with Crippen LogP contribution in [0.15, 0.2) is 22.8 Å². The van der Waals surface area contributed by atoms with Crippen molar-refractivity contribution in [2.24, 2.45) is 5.92 Å². The first-order valence-corrected chi connectivity index (χ1v) is 11.5. The van der Waals surface area contributed by atoms with Crippen LogP contribution in [0.4, 0.5) is 0 Å². The Bertz CT molecular complexity index is 554. The van der Waals surface area contributed by atoms with Gasteiger partial charge >= 0.3 is 0 Å². The molecule has 0 spiro atoms. The molecule has 0 aromatic carbocycles. The quantitative estimate of drug-likeness (QED) is 0.482. The Morgan fingerprint density at radius 3 is 1.96 bits per heavy atom. The summed E-state index contributed by atoms with van der Waals surface area (Å²) in [6.07, 6.45) is 0.847. The Balaban J connectivity index is 3.01. The average molecular weight is 365 g/mol. The van der Waals surface area contributed by atoms with E-state index >= 15 is 0 Å². The van der Waals surface area contributed by atoms with Gasteiger partial charge in [-0.25, -0.2) is 0 Å². The Morgan fingerprint density at radius 2 is 1.56 bits per heavy atom. The molecule has 142 valence electrons. The minimum Gasteiger partial charge on any atom is -0.467 e. The summed E-state index contributed by atoms with van der Waals surface area (Å²) < 4.78 is 12.1. The second-order valence-corrected chi connectivity index (χ2v) is 13.8. The number of hydrogen-bond donors (Lipinski definition) is 1. The first-order chi connectivity index (χ1) is 11.4. The highest BCUT2D eigenvalue weighted by atomic mass is 28.4. The van der Waals surface area contributed by atoms with Crippen LogP contribution in [0.3, 0.4) is 0 Å². The van der Waals surface area contributed by atoms with Crippen LogP contribution in [-0.2, 0) is 4.43 Å². The monoisotopic (exact) mass is 364 g/mol. The van der Waals surface area contributed by atoms with E-state index in [2.05, 4.69) is 53.4 Å². The number of aliphatic hydroxyl groups is 1. The van der Waals surface area contributed by atoms with Gasteiger partial charge in [-0.05, 0) is 49.5 Å². The fraction of sp³-hybridized carbons (Fsp3) is 0.714. The highest BCUT2D eigenvalue weighted by molar-refractivity contribution is 6.77. The first kappa shape index (κ1) is 22.0. The van der Waals surface area contributed by atoms with Crippen LogP contribution in [0.5, 0.6) is 0 Å². The molecule has 0 unspecified atom stereocenters. The lowest BCUT2D eigenvalue weighted by Crippen LogP contribution is -2.52. The van der Waals surface area contributed by atoms with Crippen LogP contribution in [0.2, 0.25) is 16.6 Å². The van der Waals surface area contributed by atoms with Crippen molar-refractivity contribution in [3.05, 3.63) is 24.2 Å². The van der Waals surface area contributed by atoms with Gasteiger partial charge in [0.2, 0.25) is 8.32 Å². The van der Waals surface area contributed by atoms with Gasteiger partial charge in [-0.3, -0.25) is 0 Å². The van der Waals surface area contributed by atoms with Gasteiger partial charge in [0.05, 0.1) is 12.2 Å². The molecular formula is C21H36O3Si. The van der Waals surface area contributed by atoms with E-state index in [0.717, 1.165) is 0 Å². The van der Waals surface area contributed by atoms with E-state index in [0.29, 0.717) is 22.4 Å². The first-order valence-electron chi connectivity index (χ1n) is 9.38. The van der Waals surface area contributed by atoms with Gasteiger partial charge in [0.1, 0.15) is 17.5 Å². The molecule has 3 nitrogen and oxygen atoms in total. The van der Waals surface area contributed by atoms with E-state index in [1.165, 1.54) is 0 Å². The highest BCUT2D eigenvalue weighted by Gasteiger charge is 2.48. The fourth-order valence-corrected chi connectivity index (χ4v) is 9.54. The summed E-state index contributed by atoms with van der Waals surface area (Å²) in [5.41, 5.74) is 1.00. The molecule has 0 aliphatic rings. The standard InChI is InChI=1S/C21H36O3Si/c1-15(2)25(16(3)4,17(5)6)24-21(8,9)13-12-18(7)20(22)19-11-10-14-23-19/h10-11,14-18,20,22H,1-9H3/t18-,20-/m1/s1. The Labute approximate surface area is 155 Å². The summed E-state index contributed by atoms with van der Waals surface area (Å²) >= 11 is 0. The Hall–Kier alpha value is -1.02. The van der Waals surface area contributed by atoms with E-state index in [4.69, 9.17) is 8.84 Å². The molecule has 0 bridgehead atoms. The zero-order valence-electron chi connectivity index (χ0n) is 17.4. The van der Waals surface area contributed by atoms with Gasteiger partial charge in [-0.1, -0.05) is 53.4 Å². The van der Waals surface area contributed by atoms with Crippen molar-refractivity contribution in [2.45, 2.75) is 90.6 Å². The third-order valence-electron chi connectivity index (χ3n) is 5.05. The van der Waals surface area contributed by atoms with E-state index in [1.54, 1.807) is 18.4 Å². The van der Waals surface area contributed by atoms with E-state index in [9.17, 15) is 5.11 Å². The Morgan fingerprint density at radius 1 is 1.04 bits per heavy atom. The minimum absolute atomic E-state index is 0.220. The molecule has 0 amide bonds. The normalized spacial score (nSPS) is 15.4. The summed E-state index contributed by atoms with van der Waals surface area (Å²) in [5.74, 6) is 6.80. The molecule has 2 atom stereocenters. The topological polar surface area (TPSA) is 42.6 Å². The maximum atomic E-state index is 10.3. The predicted octanol–water partition coefficient (Wildman–Crippen LogP) is 5.92. The lowest BCUT2D eigenvalue weighted by molar-refractivity contribution is 0.116. The summed E-state index contributed by atoms with van der Waals surface area (Å²) in [5, 5.41) is 10.3. The zero-order chi connectivity index (χ0) is 19.4. The third-order valence-corrected chi connectivity index (χ3v) is 11.3. The molecule has 0 aliphatic carbocycles. The fourth-order valence-electron chi connectivity index (χ4n) is 3.89.